The number of carbonyl (C=O) groups is 1. The summed E-state index contributed by atoms with van der Waals surface area (Å²) in [5.74, 6) is 0. The van der Waals surface area contributed by atoms with Crippen LogP contribution in [0, 0.1) is 10.1 Å². The Morgan fingerprint density at radius 3 is 2.67 bits per heavy atom. The van der Waals surface area contributed by atoms with Crippen molar-refractivity contribution >= 4 is 17.5 Å². The van der Waals surface area contributed by atoms with Crippen molar-refractivity contribution in [2.45, 2.75) is 12.8 Å². The van der Waals surface area contributed by atoms with Gasteiger partial charge in [-0.2, -0.15) is 10.0 Å². The SMILES string of the molecule is O=C(O)N[N+]1(c2cncc([N+](=O)[O-])c2)CCCC1. The fraction of sp³-hybridized carbons (Fsp3) is 0.400. The van der Waals surface area contributed by atoms with Gasteiger partial charge < -0.3 is 5.11 Å². The topological polar surface area (TPSA) is 105 Å². The van der Waals surface area contributed by atoms with E-state index < -0.39 is 11.0 Å². The van der Waals surface area contributed by atoms with Crippen LogP contribution in [-0.2, 0) is 0 Å². The van der Waals surface area contributed by atoms with E-state index in [0.29, 0.717) is 18.8 Å². The van der Waals surface area contributed by atoms with Crippen molar-refractivity contribution in [3.05, 3.63) is 28.6 Å². The van der Waals surface area contributed by atoms with Gasteiger partial charge in [-0.15, -0.1) is 0 Å². The fourth-order valence-corrected chi connectivity index (χ4v) is 2.24. The normalized spacial score (nSPS) is 17.3. The first-order valence-corrected chi connectivity index (χ1v) is 5.52. The fourth-order valence-electron chi connectivity index (χ4n) is 2.24. The average molecular weight is 253 g/mol. The zero-order valence-corrected chi connectivity index (χ0v) is 9.57. The van der Waals surface area contributed by atoms with Gasteiger partial charge in [-0.05, 0) is 0 Å². The lowest BCUT2D eigenvalue weighted by atomic mass is 10.3. The molecular formula is C10H13N4O4+. The largest absolute Gasteiger partial charge is 0.462 e. The molecule has 1 aliphatic heterocycles. The lowest BCUT2D eigenvalue weighted by Gasteiger charge is -2.30. The number of aromatic nitrogens is 1. The Balaban J connectivity index is 2.39. The Labute approximate surface area is 103 Å². The van der Waals surface area contributed by atoms with Crippen molar-refractivity contribution in [1.29, 1.82) is 0 Å². The number of quaternary nitrogens is 1. The van der Waals surface area contributed by atoms with E-state index in [1.165, 1.54) is 12.3 Å². The lowest BCUT2D eigenvalue weighted by Crippen LogP contribution is -2.59. The first-order valence-electron chi connectivity index (χ1n) is 5.52. The number of rotatable bonds is 3. The highest BCUT2D eigenvalue weighted by molar-refractivity contribution is 5.66. The second-order valence-corrected chi connectivity index (χ2v) is 4.20. The van der Waals surface area contributed by atoms with Gasteiger partial charge in [-0.3, -0.25) is 15.1 Å². The summed E-state index contributed by atoms with van der Waals surface area (Å²) in [6.45, 7) is 1.16. The molecule has 0 unspecified atom stereocenters. The van der Waals surface area contributed by atoms with Crippen LogP contribution in [0.3, 0.4) is 0 Å². The van der Waals surface area contributed by atoms with Crippen LogP contribution in [0.15, 0.2) is 18.5 Å². The molecular weight excluding hydrogens is 240 g/mol. The minimum absolute atomic E-state index is 0.00398. The average Bonchev–Trinajstić information content (AvgIpc) is 2.78. The van der Waals surface area contributed by atoms with E-state index >= 15 is 0 Å². The summed E-state index contributed by atoms with van der Waals surface area (Å²) >= 11 is 0. The van der Waals surface area contributed by atoms with Crippen LogP contribution < -0.4 is 10.0 Å². The molecule has 0 bridgehead atoms. The zero-order chi connectivity index (χ0) is 13.2. The molecule has 2 rings (SSSR count). The van der Waals surface area contributed by atoms with Gasteiger partial charge in [-0.25, -0.2) is 4.79 Å². The van der Waals surface area contributed by atoms with Crippen molar-refractivity contribution in [3.63, 3.8) is 0 Å². The summed E-state index contributed by atoms with van der Waals surface area (Å²) in [6.07, 6.45) is 3.19. The van der Waals surface area contributed by atoms with Gasteiger partial charge in [0.1, 0.15) is 19.3 Å². The van der Waals surface area contributed by atoms with E-state index in [2.05, 4.69) is 10.4 Å². The predicted molar refractivity (Wildman–Crippen MR) is 62.8 cm³/mol. The van der Waals surface area contributed by atoms with E-state index in [-0.39, 0.29) is 10.3 Å². The van der Waals surface area contributed by atoms with E-state index in [0.717, 1.165) is 19.0 Å². The molecule has 18 heavy (non-hydrogen) atoms. The van der Waals surface area contributed by atoms with Gasteiger partial charge in [0.05, 0.1) is 17.2 Å². The maximum Gasteiger partial charge on any atom is 0.449 e. The smallest absolute Gasteiger partial charge is 0.449 e. The molecule has 2 N–H and O–H groups in total. The van der Waals surface area contributed by atoms with Crippen molar-refractivity contribution in [2.75, 3.05) is 13.1 Å². The lowest BCUT2D eigenvalue weighted by molar-refractivity contribution is -0.385. The number of nitrogens with zero attached hydrogens (tertiary/aromatic N) is 3. The van der Waals surface area contributed by atoms with Gasteiger partial charge in [0, 0.05) is 12.8 Å². The van der Waals surface area contributed by atoms with E-state index in [1.807, 2.05) is 0 Å². The minimum atomic E-state index is -1.15. The Morgan fingerprint density at radius 1 is 1.44 bits per heavy atom. The second kappa shape index (κ2) is 4.57. The molecule has 0 saturated carbocycles. The molecule has 1 aromatic rings. The molecule has 0 radical (unpaired) electrons. The van der Waals surface area contributed by atoms with E-state index in [4.69, 9.17) is 5.11 Å². The Kier molecular flexibility index (Phi) is 3.11. The summed E-state index contributed by atoms with van der Waals surface area (Å²) in [7, 11) is 0. The standard InChI is InChI=1S/C10H12N4O4/c15-10(16)12-14(3-1-2-4-14)9-5-8(13(17)18)6-11-7-9/h5-7,12H,1-4H2/p+1. The van der Waals surface area contributed by atoms with Crippen LogP contribution in [0.1, 0.15) is 12.8 Å². The number of hydrogen-bond acceptors (Lipinski definition) is 4. The zero-order valence-electron chi connectivity index (χ0n) is 9.57. The summed E-state index contributed by atoms with van der Waals surface area (Å²) in [4.78, 5) is 24.9. The third kappa shape index (κ3) is 2.23. The van der Waals surface area contributed by atoms with Crippen LogP contribution in [0.4, 0.5) is 16.2 Å². The van der Waals surface area contributed by atoms with Gasteiger partial charge in [0.25, 0.3) is 5.69 Å². The van der Waals surface area contributed by atoms with Crippen molar-refractivity contribution in [1.82, 2.24) is 15.0 Å². The molecule has 8 heteroatoms. The first kappa shape index (κ1) is 12.2. The highest BCUT2D eigenvalue weighted by Crippen LogP contribution is 2.28. The van der Waals surface area contributed by atoms with Crippen LogP contribution >= 0.6 is 0 Å². The number of amides is 1. The van der Waals surface area contributed by atoms with Crippen molar-refractivity contribution in [3.8, 4) is 0 Å². The third-order valence-electron chi connectivity index (χ3n) is 3.05. The van der Waals surface area contributed by atoms with Gasteiger partial charge in [0.2, 0.25) is 0 Å². The highest BCUT2D eigenvalue weighted by Gasteiger charge is 2.38. The van der Waals surface area contributed by atoms with Gasteiger partial charge >= 0.3 is 6.09 Å². The maximum atomic E-state index is 10.9. The van der Waals surface area contributed by atoms with E-state index in [1.54, 1.807) is 0 Å². The minimum Gasteiger partial charge on any atom is -0.462 e. The van der Waals surface area contributed by atoms with Crippen LogP contribution in [0.2, 0.25) is 0 Å². The number of hydrogen-bond donors (Lipinski definition) is 2. The second-order valence-electron chi connectivity index (χ2n) is 4.20. The number of pyridine rings is 1. The molecule has 1 saturated heterocycles. The number of nitrogens with one attached hydrogen (secondary N) is 1. The van der Waals surface area contributed by atoms with Crippen LogP contribution in [0.5, 0.6) is 0 Å². The summed E-state index contributed by atoms with van der Waals surface area (Å²) in [5.41, 5.74) is 2.80. The first-order chi connectivity index (χ1) is 8.53. The molecule has 1 fully saturated rings. The molecule has 0 spiro atoms. The van der Waals surface area contributed by atoms with Gasteiger partial charge in [-0.1, -0.05) is 0 Å². The molecule has 96 valence electrons. The Hall–Kier alpha value is -2.22. The molecule has 0 atom stereocenters. The third-order valence-corrected chi connectivity index (χ3v) is 3.05. The molecule has 0 aliphatic carbocycles. The molecule has 1 aromatic heterocycles. The molecule has 8 nitrogen and oxygen atoms in total. The van der Waals surface area contributed by atoms with Crippen LogP contribution in [-0.4, -0.2) is 34.2 Å². The maximum absolute atomic E-state index is 10.9. The van der Waals surface area contributed by atoms with Crippen LogP contribution in [0.25, 0.3) is 0 Å². The Morgan fingerprint density at radius 2 is 2.11 bits per heavy atom. The predicted octanol–water partition coefficient (Wildman–Crippen LogP) is 1.27. The molecule has 1 aliphatic rings. The Bertz CT molecular complexity index is 485. The molecule has 1 amide bonds. The molecule has 0 aromatic carbocycles. The number of carboxylic acid groups (broad SMARTS) is 1. The summed E-state index contributed by atoms with van der Waals surface area (Å²) in [5, 5.41) is 19.6. The van der Waals surface area contributed by atoms with E-state index in [9.17, 15) is 14.9 Å². The number of nitro groups is 1. The van der Waals surface area contributed by atoms with Crippen molar-refractivity contribution in [2.24, 2.45) is 0 Å². The summed E-state index contributed by atoms with van der Waals surface area (Å²) in [6, 6.07) is 1.37. The monoisotopic (exact) mass is 253 g/mol. The van der Waals surface area contributed by atoms with Gasteiger partial charge in [0.15, 0.2) is 5.69 Å². The van der Waals surface area contributed by atoms with Crippen molar-refractivity contribution < 1.29 is 14.8 Å². The highest BCUT2D eigenvalue weighted by atomic mass is 16.6. The quantitative estimate of drug-likeness (QED) is 0.479. The molecule has 2 heterocycles. The summed E-state index contributed by atoms with van der Waals surface area (Å²) < 4.78 is 0.00398.